The first-order valence-electron chi connectivity index (χ1n) is 6.74. The zero-order valence-electron chi connectivity index (χ0n) is 11.3. The number of fused-ring (bicyclic) bond motifs is 1. The minimum atomic E-state index is -0.317. The minimum absolute atomic E-state index is 0.114. The van der Waals surface area contributed by atoms with Gasteiger partial charge < -0.3 is 5.32 Å². The van der Waals surface area contributed by atoms with E-state index >= 15 is 0 Å². The van der Waals surface area contributed by atoms with Gasteiger partial charge in [-0.2, -0.15) is 0 Å². The van der Waals surface area contributed by atoms with Crippen LogP contribution in [0.4, 0.5) is 10.1 Å². The van der Waals surface area contributed by atoms with Crippen LogP contribution in [-0.4, -0.2) is 5.91 Å². The first-order valence-corrected chi connectivity index (χ1v) is 6.74. The van der Waals surface area contributed by atoms with Crippen LogP contribution in [0.5, 0.6) is 0 Å². The second-order valence-corrected chi connectivity index (χ2v) is 4.91. The summed E-state index contributed by atoms with van der Waals surface area (Å²) in [4.78, 5) is 12.0. The van der Waals surface area contributed by atoms with Crippen LogP contribution in [0.15, 0.2) is 66.7 Å². The quantitative estimate of drug-likeness (QED) is 0.766. The zero-order valence-corrected chi connectivity index (χ0v) is 11.3. The van der Waals surface area contributed by atoms with E-state index in [1.807, 2.05) is 42.5 Å². The van der Waals surface area contributed by atoms with Crippen molar-refractivity contribution >= 4 is 22.4 Å². The smallest absolute Gasteiger partial charge is 0.228 e. The van der Waals surface area contributed by atoms with Gasteiger partial charge in [-0.15, -0.1) is 0 Å². The second-order valence-electron chi connectivity index (χ2n) is 4.91. The van der Waals surface area contributed by atoms with Gasteiger partial charge in [-0.3, -0.25) is 4.79 Å². The number of hydrogen-bond acceptors (Lipinski definition) is 1. The lowest BCUT2D eigenvalue weighted by molar-refractivity contribution is -0.115. The molecule has 0 unspecified atom stereocenters. The van der Waals surface area contributed by atoms with Gasteiger partial charge in [0.15, 0.2) is 0 Å². The van der Waals surface area contributed by atoms with Crippen LogP contribution in [0.2, 0.25) is 0 Å². The molecule has 0 heterocycles. The molecule has 3 heteroatoms. The van der Waals surface area contributed by atoms with Gasteiger partial charge in [0, 0.05) is 5.69 Å². The average molecular weight is 279 g/mol. The molecule has 21 heavy (non-hydrogen) atoms. The van der Waals surface area contributed by atoms with Crippen molar-refractivity contribution in [2.24, 2.45) is 0 Å². The SMILES string of the molecule is O=C(Cc1ccc2ccccc2c1)Nc1ccc(F)cc1. The molecule has 0 atom stereocenters. The van der Waals surface area contributed by atoms with E-state index in [0.29, 0.717) is 12.1 Å². The van der Waals surface area contributed by atoms with Crippen molar-refractivity contribution in [3.8, 4) is 0 Å². The van der Waals surface area contributed by atoms with E-state index in [4.69, 9.17) is 0 Å². The van der Waals surface area contributed by atoms with E-state index < -0.39 is 0 Å². The van der Waals surface area contributed by atoms with Gasteiger partial charge in [-0.1, -0.05) is 42.5 Å². The first kappa shape index (κ1) is 13.3. The van der Waals surface area contributed by atoms with Gasteiger partial charge in [-0.05, 0) is 40.6 Å². The molecule has 0 radical (unpaired) electrons. The monoisotopic (exact) mass is 279 g/mol. The van der Waals surface area contributed by atoms with E-state index in [2.05, 4.69) is 5.32 Å². The third-order valence-electron chi connectivity index (χ3n) is 3.31. The van der Waals surface area contributed by atoms with Crippen LogP contribution in [-0.2, 0) is 11.2 Å². The van der Waals surface area contributed by atoms with Gasteiger partial charge in [0.1, 0.15) is 5.82 Å². The van der Waals surface area contributed by atoms with E-state index in [1.165, 1.54) is 12.1 Å². The number of halogens is 1. The highest BCUT2D eigenvalue weighted by Gasteiger charge is 2.05. The molecule has 0 aliphatic rings. The molecule has 1 N–H and O–H groups in total. The highest BCUT2D eigenvalue weighted by Crippen LogP contribution is 2.16. The molecule has 104 valence electrons. The molecule has 2 nitrogen and oxygen atoms in total. The summed E-state index contributed by atoms with van der Waals surface area (Å²) in [5.41, 5.74) is 1.55. The molecule has 3 aromatic carbocycles. The average Bonchev–Trinajstić information content (AvgIpc) is 2.49. The molecule has 3 rings (SSSR count). The van der Waals surface area contributed by atoms with E-state index in [0.717, 1.165) is 16.3 Å². The van der Waals surface area contributed by atoms with Crippen LogP contribution in [0.3, 0.4) is 0 Å². The molecule has 0 saturated heterocycles. The molecule has 1 amide bonds. The molecule has 0 aromatic heterocycles. The number of nitrogens with one attached hydrogen (secondary N) is 1. The van der Waals surface area contributed by atoms with Crippen molar-refractivity contribution in [1.82, 2.24) is 0 Å². The van der Waals surface area contributed by atoms with Crippen molar-refractivity contribution in [1.29, 1.82) is 0 Å². The maximum Gasteiger partial charge on any atom is 0.228 e. The summed E-state index contributed by atoms with van der Waals surface area (Å²) in [6, 6.07) is 19.8. The summed E-state index contributed by atoms with van der Waals surface area (Å²) in [5, 5.41) is 5.03. The molecule has 3 aromatic rings. The molecule has 0 saturated carbocycles. The normalized spacial score (nSPS) is 10.5. The van der Waals surface area contributed by atoms with Crippen molar-refractivity contribution in [3.63, 3.8) is 0 Å². The predicted octanol–water partition coefficient (Wildman–Crippen LogP) is 4.16. The first-order chi connectivity index (χ1) is 10.2. The maximum absolute atomic E-state index is 12.8. The number of amides is 1. The Bertz CT molecular complexity index is 781. The third-order valence-corrected chi connectivity index (χ3v) is 3.31. The summed E-state index contributed by atoms with van der Waals surface area (Å²) in [6.45, 7) is 0. The van der Waals surface area contributed by atoms with Crippen molar-refractivity contribution in [2.75, 3.05) is 5.32 Å². The Morgan fingerprint density at radius 3 is 2.38 bits per heavy atom. The van der Waals surface area contributed by atoms with Gasteiger partial charge in [0.2, 0.25) is 5.91 Å². The van der Waals surface area contributed by atoms with Gasteiger partial charge in [0.25, 0.3) is 0 Å². The Morgan fingerprint density at radius 2 is 1.62 bits per heavy atom. The number of carbonyl (C=O) groups excluding carboxylic acids is 1. The Morgan fingerprint density at radius 1 is 0.905 bits per heavy atom. The molecule has 0 spiro atoms. The summed E-state index contributed by atoms with van der Waals surface area (Å²) in [6.07, 6.45) is 0.294. The molecule has 0 fully saturated rings. The Labute approximate surface area is 122 Å². The molecule has 0 bridgehead atoms. The van der Waals surface area contributed by atoms with Gasteiger partial charge in [0.05, 0.1) is 6.42 Å². The van der Waals surface area contributed by atoms with Crippen molar-refractivity contribution in [2.45, 2.75) is 6.42 Å². The number of hydrogen-bond donors (Lipinski definition) is 1. The van der Waals surface area contributed by atoms with Crippen LogP contribution in [0, 0.1) is 5.82 Å². The van der Waals surface area contributed by atoms with Crippen LogP contribution >= 0.6 is 0 Å². The standard InChI is InChI=1S/C18H14FNO/c19-16-7-9-17(10-8-16)20-18(21)12-13-5-6-14-3-1-2-4-15(14)11-13/h1-11H,12H2,(H,20,21). The molecular weight excluding hydrogens is 265 g/mol. The van der Waals surface area contributed by atoms with E-state index in [-0.39, 0.29) is 11.7 Å². The van der Waals surface area contributed by atoms with Crippen molar-refractivity contribution < 1.29 is 9.18 Å². The lowest BCUT2D eigenvalue weighted by Crippen LogP contribution is -2.14. The third kappa shape index (κ3) is 3.26. The van der Waals surface area contributed by atoms with Crippen LogP contribution in [0.25, 0.3) is 10.8 Å². The Hall–Kier alpha value is -2.68. The second kappa shape index (κ2) is 5.75. The topological polar surface area (TPSA) is 29.1 Å². The fourth-order valence-corrected chi connectivity index (χ4v) is 2.27. The van der Waals surface area contributed by atoms with Crippen LogP contribution in [0.1, 0.15) is 5.56 Å². The molecular formula is C18H14FNO. The van der Waals surface area contributed by atoms with Gasteiger partial charge in [-0.25, -0.2) is 4.39 Å². The molecule has 0 aliphatic carbocycles. The van der Waals surface area contributed by atoms with Crippen molar-refractivity contribution in [3.05, 3.63) is 78.1 Å². The minimum Gasteiger partial charge on any atom is -0.326 e. The number of benzene rings is 3. The zero-order chi connectivity index (χ0) is 14.7. The summed E-state index contributed by atoms with van der Waals surface area (Å²) in [5.74, 6) is -0.431. The lowest BCUT2D eigenvalue weighted by Gasteiger charge is -2.06. The highest BCUT2D eigenvalue weighted by molar-refractivity contribution is 5.93. The largest absolute Gasteiger partial charge is 0.326 e. The van der Waals surface area contributed by atoms with Crippen LogP contribution < -0.4 is 5.32 Å². The number of carbonyl (C=O) groups is 1. The lowest BCUT2D eigenvalue weighted by atomic mass is 10.0. The summed E-state index contributed by atoms with van der Waals surface area (Å²) in [7, 11) is 0. The number of anilines is 1. The van der Waals surface area contributed by atoms with Gasteiger partial charge >= 0.3 is 0 Å². The fraction of sp³-hybridized carbons (Fsp3) is 0.0556. The predicted molar refractivity (Wildman–Crippen MR) is 82.7 cm³/mol. The fourth-order valence-electron chi connectivity index (χ4n) is 2.27. The maximum atomic E-state index is 12.8. The Kier molecular flexibility index (Phi) is 3.65. The molecule has 0 aliphatic heterocycles. The number of rotatable bonds is 3. The van der Waals surface area contributed by atoms with E-state index in [9.17, 15) is 9.18 Å². The summed E-state index contributed by atoms with van der Waals surface area (Å²) >= 11 is 0. The highest BCUT2D eigenvalue weighted by atomic mass is 19.1. The van der Waals surface area contributed by atoms with E-state index in [1.54, 1.807) is 12.1 Å². The summed E-state index contributed by atoms with van der Waals surface area (Å²) < 4.78 is 12.8. The Balaban J connectivity index is 1.72.